The van der Waals surface area contributed by atoms with E-state index in [1.807, 2.05) is 4.90 Å². The first-order valence-corrected chi connectivity index (χ1v) is 8.28. The van der Waals surface area contributed by atoms with E-state index in [4.69, 9.17) is 11.6 Å². The van der Waals surface area contributed by atoms with Crippen molar-refractivity contribution in [2.24, 2.45) is 0 Å². The van der Waals surface area contributed by atoms with E-state index in [0.717, 1.165) is 0 Å². The summed E-state index contributed by atoms with van der Waals surface area (Å²) in [6.07, 6.45) is 0.0394. The number of nitrogens with one attached hydrogen (secondary N) is 1. The van der Waals surface area contributed by atoms with Crippen molar-refractivity contribution in [3.63, 3.8) is 0 Å². The normalized spacial score (nSPS) is 23.7. The molecule has 1 aromatic carbocycles. The summed E-state index contributed by atoms with van der Waals surface area (Å²) in [6, 6.07) is 4.42. The Hall–Kier alpha value is -0.630. The lowest BCUT2D eigenvalue weighted by Gasteiger charge is -2.36. The van der Waals surface area contributed by atoms with Gasteiger partial charge in [-0.05, 0) is 18.6 Å². The third kappa shape index (κ3) is 5.42. The molecule has 0 aromatic heterocycles. The van der Waals surface area contributed by atoms with E-state index in [-0.39, 0.29) is 42.6 Å². The number of aliphatic hydroxyl groups excluding tert-OH is 1. The molecule has 2 fully saturated rings. The maximum absolute atomic E-state index is 13.8. The summed E-state index contributed by atoms with van der Waals surface area (Å²) in [5.74, 6) is -0.245. The van der Waals surface area contributed by atoms with Gasteiger partial charge in [0.1, 0.15) is 5.82 Å². The van der Waals surface area contributed by atoms with Crippen LogP contribution in [0, 0.1) is 5.82 Å². The van der Waals surface area contributed by atoms with E-state index in [1.165, 1.54) is 6.07 Å². The van der Waals surface area contributed by atoms with Crippen LogP contribution in [0.15, 0.2) is 18.2 Å². The number of carbonyl (C=O) groups excluding carboxylic acids is 1. The van der Waals surface area contributed by atoms with Crippen molar-refractivity contribution in [2.75, 3.05) is 32.7 Å². The van der Waals surface area contributed by atoms with Crippen molar-refractivity contribution in [3.05, 3.63) is 34.6 Å². The minimum Gasteiger partial charge on any atom is -0.392 e. The highest BCUT2D eigenvalue weighted by Gasteiger charge is 2.32. The van der Waals surface area contributed by atoms with Gasteiger partial charge >= 0.3 is 0 Å². The second-order valence-electron chi connectivity index (χ2n) is 6.15. The molecular formula is C16H23Cl3FN3O2. The summed E-state index contributed by atoms with van der Waals surface area (Å²) >= 11 is 6.06. The van der Waals surface area contributed by atoms with Gasteiger partial charge in [0, 0.05) is 49.9 Å². The molecule has 2 aliphatic rings. The highest BCUT2D eigenvalue weighted by atomic mass is 35.5. The number of halogens is 4. The molecule has 25 heavy (non-hydrogen) atoms. The summed E-state index contributed by atoms with van der Waals surface area (Å²) in [6.45, 7) is 3.52. The van der Waals surface area contributed by atoms with Crippen LogP contribution < -0.4 is 5.32 Å². The van der Waals surface area contributed by atoms with Crippen molar-refractivity contribution in [2.45, 2.75) is 25.1 Å². The van der Waals surface area contributed by atoms with E-state index < -0.39 is 6.10 Å². The zero-order valence-corrected chi connectivity index (χ0v) is 16.0. The Morgan fingerprint density at radius 3 is 2.52 bits per heavy atom. The first-order chi connectivity index (χ1) is 11.0. The lowest BCUT2D eigenvalue weighted by molar-refractivity contribution is -0.135. The Bertz CT molecular complexity index is 565. The molecule has 0 saturated carbocycles. The maximum Gasteiger partial charge on any atom is 0.239 e. The first-order valence-electron chi connectivity index (χ1n) is 7.90. The van der Waals surface area contributed by atoms with Gasteiger partial charge in [0.15, 0.2) is 0 Å². The second kappa shape index (κ2) is 9.90. The molecule has 0 aliphatic carbocycles. The van der Waals surface area contributed by atoms with Gasteiger partial charge in [-0.1, -0.05) is 17.7 Å². The molecule has 0 spiro atoms. The largest absolute Gasteiger partial charge is 0.392 e. The van der Waals surface area contributed by atoms with Crippen LogP contribution in [-0.2, 0) is 11.3 Å². The van der Waals surface area contributed by atoms with Crippen LogP contribution in [0.2, 0.25) is 5.02 Å². The van der Waals surface area contributed by atoms with Crippen LogP contribution in [-0.4, -0.2) is 65.7 Å². The average molecular weight is 415 g/mol. The zero-order chi connectivity index (χ0) is 16.4. The molecule has 2 atom stereocenters. The zero-order valence-electron chi connectivity index (χ0n) is 13.7. The number of carbonyl (C=O) groups is 1. The SMILES string of the molecule is Cl.Cl.O=C(C1CC(O)CN1)N1CCN(Cc2c(F)cccc2Cl)CC1. The first kappa shape index (κ1) is 22.4. The molecular weight excluding hydrogens is 392 g/mol. The Kier molecular flexibility index (Phi) is 8.87. The van der Waals surface area contributed by atoms with Gasteiger partial charge in [0.25, 0.3) is 0 Å². The molecule has 1 aromatic rings. The number of nitrogens with zero attached hydrogens (tertiary/aromatic N) is 2. The monoisotopic (exact) mass is 413 g/mol. The number of benzene rings is 1. The third-order valence-electron chi connectivity index (χ3n) is 4.53. The summed E-state index contributed by atoms with van der Waals surface area (Å²) in [4.78, 5) is 16.3. The van der Waals surface area contributed by atoms with Crippen LogP contribution >= 0.6 is 36.4 Å². The van der Waals surface area contributed by atoms with Crippen molar-refractivity contribution < 1.29 is 14.3 Å². The topological polar surface area (TPSA) is 55.8 Å². The highest BCUT2D eigenvalue weighted by molar-refractivity contribution is 6.31. The molecule has 1 amide bonds. The summed E-state index contributed by atoms with van der Waals surface area (Å²) in [5, 5.41) is 13.0. The molecule has 2 heterocycles. The number of hydrogen-bond donors (Lipinski definition) is 2. The second-order valence-corrected chi connectivity index (χ2v) is 6.56. The highest BCUT2D eigenvalue weighted by Crippen LogP contribution is 2.21. The number of hydrogen-bond acceptors (Lipinski definition) is 4. The number of aliphatic hydroxyl groups is 1. The van der Waals surface area contributed by atoms with Gasteiger partial charge in [-0.25, -0.2) is 4.39 Å². The lowest BCUT2D eigenvalue weighted by Crippen LogP contribution is -2.52. The molecule has 2 aliphatic heterocycles. The van der Waals surface area contributed by atoms with Gasteiger partial charge in [0.2, 0.25) is 5.91 Å². The smallest absolute Gasteiger partial charge is 0.239 e. The number of amides is 1. The van der Waals surface area contributed by atoms with E-state index in [9.17, 15) is 14.3 Å². The summed E-state index contributed by atoms with van der Waals surface area (Å²) in [5.41, 5.74) is 0.509. The standard InChI is InChI=1S/C16H21ClFN3O2.2ClH/c17-13-2-1-3-14(18)12(13)10-20-4-6-21(7-5-20)16(23)15-8-11(22)9-19-15;;/h1-3,11,15,19,22H,4-10H2;2*1H. The van der Waals surface area contributed by atoms with Crippen molar-refractivity contribution >= 4 is 42.3 Å². The van der Waals surface area contributed by atoms with E-state index in [1.54, 1.807) is 12.1 Å². The van der Waals surface area contributed by atoms with Crippen molar-refractivity contribution in [1.82, 2.24) is 15.1 Å². The molecule has 5 nitrogen and oxygen atoms in total. The minimum atomic E-state index is -0.437. The maximum atomic E-state index is 13.8. The molecule has 2 unspecified atom stereocenters. The van der Waals surface area contributed by atoms with Crippen LogP contribution in [0.4, 0.5) is 4.39 Å². The predicted octanol–water partition coefficient (Wildman–Crippen LogP) is 1.69. The number of piperazine rings is 1. The predicted molar refractivity (Wildman–Crippen MR) is 100 cm³/mol. The molecule has 9 heteroatoms. The van der Waals surface area contributed by atoms with Crippen LogP contribution in [0.3, 0.4) is 0 Å². The molecule has 0 radical (unpaired) electrons. The lowest BCUT2D eigenvalue weighted by atomic mass is 10.1. The molecule has 2 saturated heterocycles. The number of β-amino-alcohol motifs (C(OH)–C–C–N with tert-alkyl or cyclic N) is 1. The minimum absolute atomic E-state index is 0. The molecule has 2 N–H and O–H groups in total. The molecule has 0 bridgehead atoms. The number of rotatable bonds is 3. The van der Waals surface area contributed by atoms with Gasteiger partial charge < -0.3 is 15.3 Å². The van der Waals surface area contributed by atoms with Gasteiger partial charge in [-0.2, -0.15) is 0 Å². The van der Waals surface area contributed by atoms with Crippen molar-refractivity contribution in [1.29, 1.82) is 0 Å². The summed E-state index contributed by atoms with van der Waals surface area (Å²) < 4.78 is 13.8. The average Bonchev–Trinajstić information content (AvgIpc) is 2.97. The van der Waals surface area contributed by atoms with Crippen LogP contribution in [0.25, 0.3) is 0 Å². The quantitative estimate of drug-likeness (QED) is 0.790. The Labute approximate surface area is 164 Å². The Morgan fingerprint density at radius 1 is 1.28 bits per heavy atom. The van der Waals surface area contributed by atoms with Gasteiger partial charge in [-0.3, -0.25) is 9.69 Å². The van der Waals surface area contributed by atoms with E-state index >= 15 is 0 Å². The Morgan fingerprint density at radius 2 is 1.96 bits per heavy atom. The fourth-order valence-corrected chi connectivity index (χ4v) is 3.38. The fraction of sp³-hybridized carbons (Fsp3) is 0.562. The Balaban J connectivity index is 0.00000156. The summed E-state index contributed by atoms with van der Waals surface area (Å²) in [7, 11) is 0. The van der Waals surface area contributed by atoms with E-state index in [2.05, 4.69) is 10.2 Å². The van der Waals surface area contributed by atoms with Gasteiger partial charge in [-0.15, -0.1) is 24.8 Å². The molecule has 3 rings (SSSR count). The molecule has 142 valence electrons. The van der Waals surface area contributed by atoms with Gasteiger partial charge in [0.05, 0.1) is 12.1 Å². The third-order valence-corrected chi connectivity index (χ3v) is 4.89. The fourth-order valence-electron chi connectivity index (χ4n) is 3.16. The van der Waals surface area contributed by atoms with E-state index in [0.29, 0.717) is 56.3 Å². The van der Waals surface area contributed by atoms with Crippen LogP contribution in [0.1, 0.15) is 12.0 Å². The van der Waals surface area contributed by atoms with Crippen LogP contribution in [0.5, 0.6) is 0 Å². The van der Waals surface area contributed by atoms with Crippen molar-refractivity contribution in [3.8, 4) is 0 Å².